The lowest BCUT2D eigenvalue weighted by Crippen LogP contribution is -2.29. The van der Waals surface area contributed by atoms with Crippen molar-refractivity contribution in [3.8, 4) is 11.5 Å². The summed E-state index contributed by atoms with van der Waals surface area (Å²) in [6, 6.07) is 5.69. The first-order valence-electron chi connectivity index (χ1n) is 6.55. The Bertz CT molecular complexity index is 579. The zero-order valence-corrected chi connectivity index (χ0v) is 12.2. The zero-order chi connectivity index (χ0) is 13.0. The monoisotopic (exact) mass is 257 g/mol. The van der Waals surface area contributed by atoms with E-state index in [0.717, 1.165) is 16.7 Å². The van der Waals surface area contributed by atoms with Crippen LogP contribution in [0.2, 0.25) is 18.1 Å². The predicted molar refractivity (Wildman–Crippen MR) is 78.0 cm³/mol. The van der Waals surface area contributed by atoms with Crippen LogP contribution in [0.15, 0.2) is 18.6 Å². The summed E-state index contributed by atoms with van der Waals surface area (Å²) in [5.41, 5.74) is 6.25. The maximum atomic E-state index is 4.31. The molecule has 0 aliphatic heterocycles. The lowest BCUT2D eigenvalue weighted by molar-refractivity contribution is 1.20. The molecule has 4 heteroatoms. The second-order valence-corrected chi connectivity index (χ2v) is 9.52. The number of imidazole rings is 1. The van der Waals surface area contributed by atoms with Crippen molar-refractivity contribution < 1.29 is 0 Å². The first-order valence-corrected chi connectivity index (χ1v) is 9.17. The Balaban J connectivity index is 2.33. The number of hydrogen-bond donors (Lipinski definition) is 1. The van der Waals surface area contributed by atoms with E-state index in [1.54, 1.807) is 6.33 Å². The molecule has 0 fully saturated rings. The highest BCUT2D eigenvalue weighted by atomic mass is 28.3. The van der Waals surface area contributed by atoms with Crippen molar-refractivity contribution in [2.45, 2.75) is 38.9 Å². The van der Waals surface area contributed by atoms with E-state index < -0.39 is 8.07 Å². The van der Waals surface area contributed by atoms with Crippen LogP contribution < -0.4 is 0 Å². The molecule has 0 aliphatic carbocycles. The smallest absolute Gasteiger partial charge is 0.157 e. The lowest BCUT2D eigenvalue weighted by Gasteiger charge is -2.19. The van der Waals surface area contributed by atoms with Gasteiger partial charge in [-0.15, -0.1) is 5.54 Å². The highest BCUT2D eigenvalue weighted by molar-refractivity contribution is 6.87. The molecular formula is C14H19N3Si. The van der Waals surface area contributed by atoms with E-state index in [9.17, 15) is 0 Å². The molecule has 0 atom stereocenters. The minimum atomic E-state index is -1.37. The first kappa shape index (κ1) is 12.8. The van der Waals surface area contributed by atoms with E-state index in [-0.39, 0.29) is 0 Å². The van der Waals surface area contributed by atoms with Crippen molar-refractivity contribution >= 4 is 19.2 Å². The summed E-state index contributed by atoms with van der Waals surface area (Å²) in [6.45, 7) is 6.80. The summed E-state index contributed by atoms with van der Waals surface area (Å²) in [7, 11) is -1.37. The third-order valence-electron chi connectivity index (χ3n) is 3.77. The number of hydrogen-bond acceptors (Lipinski definition) is 2. The van der Waals surface area contributed by atoms with E-state index in [2.05, 4.69) is 47.2 Å². The Kier molecular flexibility index (Phi) is 3.83. The van der Waals surface area contributed by atoms with Crippen LogP contribution in [0.4, 0.5) is 0 Å². The fraction of sp³-hybridized carbons (Fsp3) is 0.429. The molecule has 0 saturated heterocycles. The van der Waals surface area contributed by atoms with Gasteiger partial charge in [0.1, 0.15) is 13.6 Å². The summed E-state index contributed by atoms with van der Waals surface area (Å²) in [6.07, 6.45) is 3.49. The molecular weight excluding hydrogens is 238 g/mol. The van der Waals surface area contributed by atoms with Crippen molar-refractivity contribution in [3.63, 3.8) is 0 Å². The number of nitrogens with zero attached hydrogens (tertiary/aromatic N) is 2. The van der Waals surface area contributed by atoms with E-state index in [1.165, 1.54) is 18.1 Å². The van der Waals surface area contributed by atoms with Crippen LogP contribution >= 0.6 is 0 Å². The van der Waals surface area contributed by atoms with Crippen LogP contribution in [-0.2, 0) is 0 Å². The largest absolute Gasteiger partial charge is 0.329 e. The van der Waals surface area contributed by atoms with Gasteiger partial charge in [0.05, 0.1) is 6.33 Å². The molecule has 0 spiro atoms. The van der Waals surface area contributed by atoms with Gasteiger partial charge in [-0.25, -0.2) is 9.97 Å². The van der Waals surface area contributed by atoms with Crippen LogP contribution in [0.3, 0.4) is 0 Å². The van der Waals surface area contributed by atoms with Crippen LogP contribution in [0.1, 0.15) is 26.3 Å². The van der Waals surface area contributed by atoms with Gasteiger partial charge in [0.25, 0.3) is 0 Å². The van der Waals surface area contributed by atoms with Gasteiger partial charge < -0.3 is 4.98 Å². The number of rotatable bonds is 3. The molecule has 0 aromatic carbocycles. The van der Waals surface area contributed by atoms with Crippen molar-refractivity contribution in [2.75, 3.05) is 0 Å². The summed E-state index contributed by atoms with van der Waals surface area (Å²) in [5.74, 6) is 3.32. The minimum Gasteiger partial charge on any atom is -0.329 e. The van der Waals surface area contributed by atoms with Gasteiger partial charge in [-0.1, -0.05) is 26.7 Å². The standard InChI is InChI=1S/C14H19N3Si/c1-4-18(5-2,6-3)8-7-12-9-13-14(15-10-12)17-11-16-13/h9-11H,4-6H2,1-3H3,(H,15,16,17). The second kappa shape index (κ2) is 5.36. The first-order chi connectivity index (χ1) is 8.73. The van der Waals surface area contributed by atoms with Crippen LogP contribution in [0.25, 0.3) is 11.2 Å². The topological polar surface area (TPSA) is 41.6 Å². The molecule has 3 nitrogen and oxygen atoms in total. The van der Waals surface area contributed by atoms with Gasteiger partial charge in [0.2, 0.25) is 0 Å². The molecule has 0 aliphatic rings. The second-order valence-electron chi connectivity index (χ2n) is 4.59. The molecule has 0 amide bonds. The molecule has 0 bridgehead atoms. The molecule has 0 radical (unpaired) electrons. The maximum absolute atomic E-state index is 4.31. The SMILES string of the molecule is CC[Si](C#Cc1cnc2[nH]cnc2c1)(CC)CC. The molecule has 1 N–H and O–H groups in total. The highest BCUT2D eigenvalue weighted by Gasteiger charge is 2.24. The summed E-state index contributed by atoms with van der Waals surface area (Å²) < 4.78 is 0. The Morgan fingerprint density at radius 3 is 2.56 bits per heavy atom. The number of fused-ring (bicyclic) bond motifs is 1. The Hall–Kier alpha value is -1.60. The summed E-state index contributed by atoms with van der Waals surface area (Å²) >= 11 is 0. The predicted octanol–water partition coefficient (Wildman–Crippen LogP) is 3.36. The molecule has 0 unspecified atom stereocenters. The van der Waals surface area contributed by atoms with Crippen molar-refractivity contribution in [3.05, 3.63) is 24.2 Å². The van der Waals surface area contributed by atoms with Crippen molar-refractivity contribution in [2.24, 2.45) is 0 Å². The molecule has 18 heavy (non-hydrogen) atoms. The van der Waals surface area contributed by atoms with Crippen LogP contribution in [0, 0.1) is 11.5 Å². The highest BCUT2D eigenvalue weighted by Crippen LogP contribution is 2.19. The zero-order valence-electron chi connectivity index (χ0n) is 11.2. The Labute approximate surface area is 109 Å². The number of aromatic amines is 1. The maximum Gasteiger partial charge on any atom is 0.157 e. The van der Waals surface area contributed by atoms with Crippen LogP contribution in [-0.4, -0.2) is 23.0 Å². The minimum absolute atomic E-state index is 0.825. The van der Waals surface area contributed by atoms with E-state index in [0.29, 0.717) is 0 Å². The normalized spacial score (nSPS) is 11.3. The number of aromatic nitrogens is 3. The van der Waals surface area contributed by atoms with E-state index in [1.807, 2.05) is 12.3 Å². The quantitative estimate of drug-likeness (QED) is 0.676. The average Bonchev–Trinajstić information content (AvgIpc) is 2.88. The van der Waals surface area contributed by atoms with Gasteiger partial charge in [0.15, 0.2) is 5.65 Å². The molecule has 0 saturated carbocycles. The van der Waals surface area contributed by atoms with E-state index in [4.69, 9.17) is 0 Å². The third-order valence-corrected chi connectivity index (χ3v) is 8.49. The Morgan fingerprint density at radius 2 is 1.89 bits per heavy atom. The van der Waals surface area contributed by atoms with Crippen molar-refractivity contribution in [1.82, 2.24) is 15.0 Å². The molecule has 2 aromatic heterocycles. The number of pyridine rings is 1. The Morgan fingerprint density at radius 1 is 1.17 bits per heavy atom. The fourth-order valence-electron chi connectivity index (χ4n) is 2.11. The molecule has 2 heterocycles. The number of H-pyrrole nitrogens is 1. The average molecular weight is 257 g/mol. The third kappa shape index (κ3) is 2.46. The van der Waals surface area contributed by atoms with Gasteiger partial charge in [-0.05, 0) is 24.2 Å². The van der Waals surface area contributed by atoms with Gasteiger partial charge in [-0.3, -0.25) is 0 Å². The van der Waals surface area contributed by atoms with Gasteiger partial charge in [-0.2, -0.15) is 0 Å². The molecule has 2 aromatic rings. The van der Waals surface area contributed by atoms with Gasteiger partial charge in [0, 0.05) is 11.8 Å². The van der Waals surface area contributed by atoms with Crippen molar-refractivity contribution in [1.29, 1.82) is 0 Å². The number of nitrogens with one attached hydrogen (secondary N) is 1. The molecule has 2 rings (SSSR count). The van der Waals surface area contributed by atoms with Gasteiger partial charge >= 0.3 is 0 Å². The summed E-state index contributed by atoms with van der Waals surface area (Å²) in [5, 5.41) is 0. The summed E-state index contributed by atoms with van der Waals surface area (Å²) in [4.78, 5) is 11.5. The molecule has 94 valence electrons. The van der Waals surface area contributed by atoms with Crippen LogP contribution in [0.5, 0.6) is 0 Å². The fourth-order valence-corrected chi connectivity index (χ4v) is 4.55. The lowest BCUT2D eigenvalue weighted by atomic mass is 10.3. The van der Waals surface area contributed by atoms with E-state index >= 15 is 0 Å².